The lowest BCUT2D eigenvalue weighted by Gasteiger charge is -2.09. The van der Waals surface area contributed by atoms with Gasteiger partial charge in [-0.05, 0) is 41.8 Å². The molecule has 0 radical (unpaired) electrons. The van der Waals surface area contributed by atoms with Crippen LogP contribution in [0.4, 0.5) is 5.82 Å². The van der Waals surface area contributed by atoms with Gasteiger partial charge in [-0.25, -0.2) is 9.97 Å². The molecule has 0 saturated heterocycles. The first-order valence-corrected chi connectivity index (χ1v) is 7.66. The Hall–Kier alpha value is -1.42. The number of benzene rings is 1. The number of rotatable bonds is 4. The van der Waals surface area contributed by atoms with Gasteiger partial charge in [0, 0.05) is 6.42 Å². The van der Waals surface area contributed by atoms with Gasteiger partial charge >= 0.3 is 0 Å². The molecule has 0 atom stereocenters. The summed E-state index contributed by atoms with van der Waals surface area (Å²) in [5.41, 5.74) is 10.7. The second kappa shape index (κ2) is 6.35. The van der Waals surface area contributed by atoms with Crippen LogP contribution in [0.5, 0.6) is 0 Å². The van der Waals surface area contributed by atoms with E-state index in [4.69, 9.17) is 5.73 Å². The molecule has 0 aliphatic heterocycles. The maximum absolute atomic E-state index is 5.97. The largest absolute Gasteiger partial charge is 0.383 e. The SMILES string of the molecule is CCCc1nc(Cc2cc(C)cc(C)c2)nc(N)c1Br. The highest BCUT2D eigenvalue weighted by molar-refractivity contribution is 9.10. The van der Waals surface area contributed by atoms with Crippen molar-refractivity contribution in [2.45, 2.75) is 40.0 Å². The standard InChI is InChI=1S/C16H20BrN3/c1-4-5-13-15(17)16(18)20-14(19-13)9-12-7-10(2)6-11(3)8-12/h6-8H,4-5,9H2,1-3H3,(H2,18,19,20). The number of hydrogen-bond acceptors (Lipinski definition) is 3. The molecule has 0 bridgehead atoms. The lowest BCUT2D eigenvalue weighted by molar-refractivity contribution is 0.837. The van der Waals surface area contributed by atoms with Gasteiger partial charge in [0.1, 0.15) is 11.6 Å². The number of aromatic nitrogens is 2. The van der Waals surface area contributed by atoms with E-state index >= 15 is 0 Å². The Morgan fingerprint density at radius 1 is 1.10 bits per heavy atom. The predicted octanol–water partition coefficient (Wildman–Crippen LogP) is 3.98. The maximum Gasteiger partial charge on any atom is 0.141 e. The summed E-state index contributed by atoms with van der Waals surface area (Å²) in [6, 6.07) is 6.52. The van der Waals surface area contributed by atoms with Gasteiger partial charge in [-0.1, -0.05) is 42.7 Å². The van der Waals surface area contributed by atoms with E-state index in [0.717, 1.165) is 35.3 Å². The van der Waals surface area contributed by atoms with E-state index in [1.807, 2.05) is 0 Å². The summed E-state index contributed by atoms with van der Waals surface area (Å²) in [5.74, 6) is 1.32. The highest BCUT2D eigenvalue weighted by Gasteiger charge is 2.10. The molecule has 1 heterocycles. The third-order valence-corrected chi connectivity index (χ3v) is 3.99. The van der Waals surface area contributed by atoms with Gasteiger partial charge in [-0.15, -0.1) is 0 Å². The molecule has 0 spiro atoms. The number of aryl methyl sites for hydroxylation is 3. The van der Waals surface area contributed by atoms with Crippen molar-refractivity contribution in [3.05, 3.63) is 50.9 Å². The number of nitrogens with two attached hydrogens (primary N) is 1. The van der Waals surface area contributed by atoms with E-state index < -0.39 is 0 Å². The molecule has 0 saturated carbocycles. The first-order valence-electron chi connectivity index (χ1n) is 6.87. The number of halogens is 1. The monoisotopic (exact) mass is 333 g/mol. The van der Waals surface area contributed by atoms with E-state index in [2.05, 4.69) is 64.9 Å². The maximum atomic E-state index is 5.97. The fraction of sp³-hybridized carbons (Fsp3) is 0.375. The predicted molar refractivity (Wildman–Crippen MR) is 86.9 cm³/mol. The van der Waals surface area contributed by atoms with Crippen LogP contribution in [-0.4, -0.2) is 9.97 Å². The first-order chi connectivity index (χ1) is 9.49. The minimum atomic E-state index is 0.530. The van der Waals surface area contributed by atoms with Crippen molar-refractivity contribution in [3.8, 4) is 0 Å². The molecule has 0 aliphatic rings. The Morgan fingerprint density at radius 2 is 1.75 bits per heavy atom. The zero-order valence-corrected chi connectivity index (χ0v) is 13.8. The lowest BCUT2D eigenvalue weighted by atomic mass is 10.0. The van der Waals surface area contributed by atoms with Crippen LogP contribution in [0.15, 0.2) is 22.7 Å². The number of nitrogen functional groups attached to an aromatic ring is 1. The summed E-state index contributed by atoms with van der Waals surface area (Å²) in [5, 5.41) is 0. The molecule has 3 nitrogen and oxygen atoms in total. The van der Waals surface area contributed by atoms with Gasteiger partial charge in [-0.2, -0.15) is 0 Å². The second-order valence-corrected chi connectivity index (χ2v) is 6.00. The van der Waals surface area contributed by atoms with Gasteiger partial charge < -0.3 is 5.73 Å². The van der Waals surface area contributed by atoms with Crippen LogP contribution in [-0.2, 0) is 12.8 Å². The average molecular weight is 334 g/mol. The number of anilines is 1. The summed E-state index contributed by atoms with van der Waals surface area (Å²) in [6.07, 6.45) is 2.67. The van der Waals surface area contributed by atoms with Crippen LogP contribution in [0, 0.1) is 13.8 Å². The van der Waals surface area contributed by atoms with Crippen molar-refractivity contribution in [2.24, 2.45) is 0 Å². The van der Waals surface area contributed by atoms with Gasteiger partial charge in [0.15, 0.2) is 0 Å². The number of nitrogens with zero attached hydrogens (tertiary/aromatic N) is 2. The molecule has 0 aliphatic carbocycles. The van der Waals surface area contributed by atoms with Gasteiger partial charge in [-0.3, -0.25) is 0 Å². The van der Waals surface area contributed by atoms with Crippen LogP contribution in [0.1, 0.15) is 41.6 Å². The Balaban J connectivity index is 2.33. The average Bonchev–Trinajstić information content (AvgIpc) is 2.34. The molecule has 4 heteroatoms. The Labute approximate surface area is 128 Å². The van der Waals surface area contributed by atoms with E-state index in [1.165, 1.54) is 16.7 Å². The lowest BCUT2D eigenvalue weighted by Crippen LogP contribution is -2.06. The minimum absolute atomic E-state index is 0.530. The van der Waals surface area contributed by atoms with Crippen LogP contribution >= 0.6 is 15.9 Å². The molecular weight excluding hydrogens is 314 g/mol. The Bertz CT molecular complexity index is 603. The van der Waals surface area contributed by atoms with Crippen molar-refractivity contribution >= 4 is 21.7 Å². The molecule has 2 aromatic rings. The van der Waals surface area contributed by atoms with Crippen molar-refractivity contribution < 1.29 is 0 Å². The van der Waals surface area contributed by atoms with E-state index in [-0.39, 0.29) is 0 Å². The van der Waals surface area contributed by atoms with Crippen molar-refractivity contribution in [1.82, 2.24) is 9.97 Å². The summed E-state index contributed by atoms with van der Waals surface area (Å²) in [6.45, 7) is 6.35. The normalized spacial score (nSPS) is 10.8. The van der Waals surface area contributed by atoms with Crippen molar-refractivity contribution in [3.63, 3.8) is 0 Å². The topological polar surface area (TPSA) is 51.8 Å². The van der Waals surface area contributed by atoms with Gasteiger partial charge in [0.05, 0.1) is 10.2 Å². The van der Waals surface area contributed by atoms with Crippen LogP contribution in [0.25, 0.3) is 0 Å². The Morgan fingerprint density at radius 3 is 2.35 bits per heavy atom. The summed E-state index contributed by atoms with van der Waals surface area (Å²) >= 11 is 3.47. The third kappa shape index (κ3) is 3.57. The minimum Gasteiger partial charge on any atom is -0.383 e. The molecule has 2 N–H and O–H groups in total. The fourth-order valence-electron chi connectivity index (χ4n) is 2.40. The van der Waals surface area contributed by atoms with E-state index in [9.17, 15) is 0 Å². The summed E-state index contributed by atoms with van der Waals surface area (Å²) < 4.78 is 0.837. The fourth-order valence-corrected chi connectivity index (χ4v) is 2.78. The highest BCUT2D eigenvalue weighted by atomic mass is 79.9. The zero-order chi connectivity index (χ0) is 14.7. The number of hydrogen-bond donors (Lipinski definition) is 1. The quantitative estimate of drug-likeness (QED) is 0.920. The molecule has 20 heavy (non-hydrogen) atoms. The summed E-state index contributed by atoms with van der Waals surface area (Å²) in [7, 11) is 0. The van der Waals surface area contributed by atoms with E-state index in [0.29, 0.717) is 5.82 Å². The molecular formula is C16H20BrN3. The summed E-state index contributed by atoms with van der Waals surface area (Å²) in [4.78, 5) is 9.03. The molecule has 0 amide bonds. The van der Waals surface area contributed by atoms with Crippen molar-refractivity contribution in [2.75, 3.05) is 5.73 Å². The molecule has 106 valence electrons. The molecule has 1 aromatic heterocycles. The van der Waals surface area contributed by atoms with E-state index in [1.54, 1.807) is 0 Å². The third-order valence-electron chi connectivity index (χ3n) is 3.12. The van der Waals surface area contributed by atoms with Gasteiger partial charge in [0.25, 0.3) is 0 Å². The smallest absolute Gasteiger partial charge is 0.141 e. The first kappa shape index (κ1) is 15.0. The molecule has 2 rings (SSSR count). The second-order valence-electron chi connectivity index (χ2n) is 5.21. The van der Waals surface area contributed by atoms with Crippen LogP contribution in [0.3, 0.4) is 0 Å². The molecule has 1 aromatic carbocycles. The Kier molecular flexibility index (Phi) is 4.76. The highest BCUT2D eigenvalue weighted by Crippen LogP contribution is 2.23. The van der Waals surface area contributed by atoms with Crippen LogP contribution < -0.4 is 5.73 Å². The molecule has 0 unspecified atom stereocenters. The molecule has 0 fully saturated rings. The van der Waals surface area contributed by atoms with Crippen molar-refractivity contribution in [1.29, 1.82) is 0 Å². The van der Waals surface area contributed by atoms with Crippen LogP contribution in [0.2, 0.25) is 0 Å². The van der Waals surface area contributed by atoms with Gasteiger partial charge in [0.2, 0.25) is 0 Å². The zero-order valence-electron chi connectivity index (χ0n) is 12.2.